The van der Waals surface area contributed by atoms with E-state index in [4.69, 9.17) is 9.47 Å². The minimum Gasteiger partial charge on any atom is -0.466 e. The van der Waals surface area contributed by atoms with Crippen molar-refractivity contribution >= 4 is 22.7 Å². The molecule has 0 aromatic heterocycles. The van der Waals surface area contributed by atoms with Crippen molar-refractivity contribution in [3.05, 3.63) is 60.7 Å². The molecule has 0 N–H and O–H groups in total. The maximum Gasteiger partial charge on any atom is 0.306 e. The normalized spacial score (nSPS) is 10.7. The van der Waals surface area contributed by atoms with Crippen LogP contribution in [0.25, 0.3) is 10.8 Å². The van der Waals surface area contributed by atoms with Gasteiger partial charge in [0.05, 0.1) is 6.61 Å². The lowest BCUT2D eigenvalue weighted by Crippen LogP contribution is -2.09. The lowest BCUT2D eigenvalue weighted by molar-refractivity contribution is -0.146. The Kier molecular flexibility index (Phi) is 11.3. The van der Waals surface area contributed by atoms with E-state index in [-0.39, 0.29) is 31.4 Å². The summed E-state index contributed by atoms with van der Waals surface area (Å²) in [6, 6.07) is 14.1. The molecule has 2 aromatic rings. The summed E-state index contributed by atoms with van der Waals surface area (Å²) in [6.07, 6.45) is 10.8. The molecule has 30 heavy (non-hydrogen) atoms. The highest BCUT2D eigenvalue weighted by molar-refractivity contribution is 5.83. The Bertz CT molecular complexity index is 796. The highest BCUT2D eigenvalue weighted by Crippen LogP contribution is 2.16. The summed E-state index contributed by atoms with van der Waals surface area (Å²) < 4.78 is 10.6. The second kappa shape index (κ2) is 14.4. The molecule has 4 heteroatoms. The molecular formula is C26H34O4. The van der Waals surface area contributed by atoms with Crippen LogP contribution in [0.2, 0.25) is 0 Å². The van der Waals surface area contributed by atoms with E-state index < -0.39 is 0 Å². The Balaban J connectivity index is 1.48. The zero-order valence-corrected chi connectivity index (χ0v) is 17.9. The van der Waals surface area contributed by atoms with Gasteiger partial charge in [0.1, 0.15) is 6.61 Å². The lowest BCUT2D eigenvalue weighted by atomic mass is 10.1. The summed E-state index contributed by atoms with van der Waals surface area (Å²) in [5.41, 5.74) is 0.960. The number of hydrogen-bond acceptors (Lipinski definition) is 4. The van der Waals surface area contributed by atoms with Gasteiger partial charge >= 0.3 is 11.9 Å². The fourth-order valence-corrected chi connectivity index (χ4v) is 3.30. The van der Waals surface area contributed by atoms with Crippen molar-refractivity contribution in [1.29, 1.82) is 0 Å². The minimum atomic E-state index is -0.285. The summed E-state index contributed by atoms with van der Waals surface area (Å²) in [6.45, 7) is 4.44. The first-order valence-corrected chi connectivity index (χ1v) is 11.1. The number of carbonyl (C=O) groups is 2. The van der Waals surface area contributed by atoms with Crippen LogP contribution in [-0.4, -0.2) is 18.5 Å². The molecule has 4 nitrogen and oxygen atoms in total. The van der Waals surface area contributed by atoms with Crippen LogP contribution in [0.15, 0.2) is 55.1 Å². The highest BCUT2D eigenvalue weighted by atomic mass is 16.5. The summed E-state index contributed by atoms with van der Waals surface area (Å²) in [5.74, 6) is -0.518. The maximum atomic E-state index is 11.9. The molecule has 0 aliphatic rings. The Morgan fingerprint density at radius 3 is 2.20 bits per heavy atom. The van der Waals surface area contributed by atoms with Crippen LogP contribution in [0, 0.1) is 0 Å². The van der Waals surface area contributed by atoms with E-state index in [0.29, 0.717) is 13.0 Å². The zero-order chi connectivity index (χ0) is 21.4. The third kappa shape index (κ3) is 9.73. The number of unbranched alkanes of at least 4 members (excludes halogenated alkanes) is 6. The summed E-state index contributed by atoms with van der Waals surface area (Å²) >= 11 is 0. The SMILES string of the molecule is C=CCCCCCCCCOC(=O)CCCC(=O)OCc1ccc2ccccc2c1. The van der Waals surface area contributed by atoms with Crippen LogP contribution in [0.1, 0.15) is 69.8 Å². The van der Waals surface area contributed by atoms with Gasteiger partial charge in [0, 0.05) is 12.8 Å². The maximum absolute atomic E-state index is 11.9. The highest BCUT2D eigenvalue weighted by Gasteiger charge is 2.08. The first kappa shape index (κ1) is 23.7. The molecule has 0 bridgehead atoms. The molecule has 0 atom stereocenters. The average Bonchev–Trinajstić information content (AvgIpc) is 2.76. The smallest absolute Gasteiger partial charge is 0.306 e. The third-order valence-corrected chi connectivity index (χ3v) is 5.04. The largest absolute Gasteiger partial charge is 0.466 e. The van der Waals surface area contributed by atoms with Gasteiger partial charge in [-0.3, -0.25) is 9.59 Å². The molecule has 0 spiro atoms. The first-order chi connectivity index (χ1) is 14.7. The van der Waals surface area contributed by atoms with Crippen molar-refractivity contribution in [1.82, 2.24) is 0 Å². The molecule has 0 unspecified atom stereocenters. The van der Waals surface area contributed by atoms with E-state index in [1.807, 2.05) is 42.5 Å². The molecule has 0 heterocycles. The number of allylic oxidation sites excluding steroid dienone is 1. The predicted molar refractivity (Wildman–Crippen MR) is 121 cm³/mol. The first-order valence-electron chi connectivity index (χ1n) is 11.1. The fourth-order valence-electron chi connectivity index (χ4n) is 3.30. The Hall–Kier alpha value is -2.62. The third-order valence-electron chi connectivity index (χ3n) is 5.04. The summed E-state index contributed by atoms with van der Waals surface area (Å²) in [7, 11) is 0. The minimum absolute atomic E-state index is 0.230. The van der Waals surface area contributed by atoms with Gasteiger partial charge in [0.15, 0.2) is 0 Å². The lowest BCUT2D eigenvalue weighted by Gasteiger charge is -2.07. The van der Waals surface area contributed by atoms with Gasteiger partial charge in [0.2, 0.25) is 0 Å². The number of ether oxygens (including phenoxy) is 2. The second-order valence-electron chi connectivity index (χ2n) is 7.61. The van der Waals surface area contributed by atoms with Gasteiger partial charge in [-0.2, -0.15) is 0 Å². The molecule has 162 valence electrons. The molecule has 0 saturated heterocycles. The van der Waals surface area contributed by atoms with Crippen LogP contribution in [0.4, 0.5) is 0 Å². The van der Waals surface area contributed by atoms with Crippen LogP contribution in [-0.2, 0) is 25.7 Å². The van der Waals surface area contributed by atoms with Gasteiger partial charge in [-0.15, -0.1) is 6.58 Å². The Morgan fingerprint density at radius 1 is 0.767 bits per heavy atom. The van der Waals surface area contributed by atoms with Gasteiger partial charge in [-0.25, -0.2) is 0 Å². The van der Waals surface area contributed by atoms with E-state index in [1.54, 1.807) is 0 Å². The molecule has 0 amide bonds. The number of rotatable bonds is 15. The number of esters is 2. The molecule has 0 saturated carbocycles. The Labute approximate surface area is 180 Å². The van der Waals surface area contributed by atoms with Gasteiger partial charge in [-0.1, -0.05) is 68.2 Å². The molecule has 0 radical (unpaired) electrons. The van der Waals surface area contributed by atoms with E-state index in [2.05, 4.69) is 12.6 Å². The number of fused-ring (bicyclic) bond motifs is 1. The molecule has 0 aliphatic carbocycles. The van der Waals surface area contributed by atoms with Crippen molar-refractivity contribution in [2.45, 2.75) is 70.8 Å². The van der Waals surface area contributed by atoms with Crippen LogP contribution in [0.5, 0.6) is 0 Å². The predicted octanol–water partition coefficient (Wildman–Crippen LogP) is 6.51. The molecule has 0 aliphatic heterocycles. The van der Waals surface area contributed by atoms with Gasteiger partial charge < -0.3 is 9.47 Å². The van der Waals surface area contributed by atoms with Crippen molar-refractivity contribution in [2.24, 2.45) is 0 Å². The molecule has 2 aromatic carbocycles. The van der Waals surface area contributed by atoms with Crippen molar-refractivity contribution in [3.8, 4) is 0 Å². The van der Waals surface area contributed by atoms with Crippen LogP contribution >= 0.6 is 0 Å². The Morgan fingerprint density at radius 2 is 1.43 bits per heavy atom. The number of benzene rings is 2. The quantitative estimate of drug-likeness (QED) is 0.191. The van der Waals surface area contributed by atoms with Gasteiger partial charge in [0.25, 0.3) is 0 Å². The van der Waals surface area contributed by atoms with E-state index in [0.717, 1.165) is 35.6 Å². The molecule has 0 fully saturated rings. The number of carbonyl (C=O) groups excluding carboxylic acids is 2. The van der Waals surface area contributed by atoms with Gasteiger partial charge in [-0.05, 0) is 48.1 Å². The average molecular weight is 411 g/mol. The second-order valence-corrected chi connectivity index (χ2v) is 7.61. The van der Waals surface area contributed by atoms with E-state index >= 15 is 0 Å². The monoisotopic (exact) mass is 410 g/mol. The number of hydrogen-bond donors (Lipinski definition) is 0. The van der Waals surface area contributed by atoms with Crippen molar-refractivity contribution in [2.75, 3.05) is 6.61 Å². The van der Waals surface area contributed by atoms with Crippen molar-refractivity contribution < 1.29 is 19.1 Å². The standard InChI is InChI=1S/C26H34O4/c1-2-3-4-5-6-7-8-11-19-29-25(27)15-12-16-26(28)30-21-22-17-18-23-13-9-10-14-24(23)20-22/h2,9-10,13-14,17-18,20H,1,3-8,11-12,15-16,19,21H2. The van der Waals surface area contributed by atoms with Crippen LogP contribution in [0.3, 0.4) is 0 Å². The van der Waals surface area contributed by atoms with Crippen LogP contribution < -0.4 is 0 Å². The van der Waals surface area contributed by atoms with E-state index in [1.165, 1.54) is 25.7 Å². The zero-order valence-electron chi connectivity index (χ0n) is 17.9. The fraction of sp³-hybridized carbons (Fsp3) is 0.462. The summed E-state index contributed by atoms with van der Waals surface area (Å²) in [4.78, 5) is 23.7. The molecule has 2 rings (SSSR count). The topological polar surface area (TPSA) is 52.6 Å². The van der Waals surface area contributed by atoms with Crippen molar-refractivity contribution in [3.63, 3.8) is 0 Å². The molecular weight excluding hydrogens is 376 g/mol. The van der Waals surface area contributed by atoms with E-state index in [9.17, 15) is 9.59 Å². The summed E-state index contributed by atoms with van der Waals surface area (Å²) in [5, 5.41) is 2.29.